The Labute approximate surface area is 292 Å². The van der Waals surface area contributed by atoms with Crippen LogP contribution in [0.1, 0.15) is 30.0 Å². The van der Waals surface area contributed by atoms with Crippen molar-refractivity contribution in [2.24, 2.45) is 0 Å². The third-order valence-corrected chi connectivity index (χ3v) is 9.65. The molecule has 1 saturated carbocycles. The number of nitrogens with one attached hydrogen (secondary N) is 4. The topological polar surface area (TPSA) is 230 Å². The molecule has 8 N–H and O–H groups in total. The second-order valence-electron chi connectivity index (χ2n) is 13.1. The number of anilines is 2. The van der Waals surface area contributed by atoms with E-state index in [-0.39, 0.29) is 43.9 Å². The second-order valence-corrected chi connectivity index (χ2v) is 13.1. The number of aromatic hydroxyl groups is 1. The van der Waals surface area contributed by atoms with Crippen LogP contribution in [-0.4, -0.2) is 119 Å². The Kier molecular flexibility index (Phi) is 9.57. The molecule has 268 valence electrons. The van der Waals surface area contributed by atoms with Gasteiger partial charge in [0.05, 0.1) is 37.6 Å². The monoisotopic (exact) mass is 700 g/mol. The Morgan fingerprint density at radius 1 is 1.02 bits per heavy atom. The molecule has 1 aliphatic carbocycles. The number of amides is 5. The summed E-state index contributed by atoms with van der Waals surface area (Å²) in [6.45, 7) is 0.769. The first kappa shape index (κ1) is 34.0. The molecular weight excluding hydrogens is 660 g/mol. The number of phenolic OH excluding ortho intramolecular Hbond substituents is 1. The Bertz CT molecular complexity index is 1890. The molecule has 0 spiro atoms. The van der Waals surface area contributed by atoms with Gasteiger partial charge in [-0.25, -0.2) is 14.6 Å². The summed E-state index contributed by atoms with van der Waals surface area (Å²) in [5.74, 6) is 0.308. The zero-order valence-electron chi connectivity index (χ0n) is 27.6. The molecule has 51 heavy (non-hydrogen) atoms. The average molecular weight is 701 g/mol. The van der Waals surface area contributed by atoms with Gasteiger partial charge >= 0.3 is 12.1 Å². The highest BCUT2D eigenvalue weighted by atomic mass is 16.3. The molecule has 2 aliphatic heterocycles. The van der Waals surface area contributed by atoms with Crippen LogP contribution in [0.15, 0.2) is 60.9 Å². The van der Waals surface area contributed by atoms with Gasteiger partial charge in [0.15, 0.2) is 17.0 Å². The van der Waals surface area contributed by atoms with Crippen LogP contribution in [0.4, 0.5) is 21.4 Å². The molecule has 0 unspecified atom stereocenters. The fourth-order valence-corrected chi connectivity index (χ4v) is 7.08. The lowest BCUT2D eigenvalue weighted by atomic mass is 10.1. The Hall–Kier alpha value is -5.52. The molecule has 3 aliphatic rings. The van der Waals surface area contributed by atoms with E-state index in [9.17, 15) is 34.8 Å². The lowest BCUT2D eigenvalue weighted by molar-refractivity contribution is -0.128. The number of phenols is 1. The molecule has 5 amide bonds. The Balaban J connectivity index is 1.14. The summed E-state index contributed by atoms with van der Waals surface area (Å²) < 4.78 is 1.63. The standard InChI is InChI=1S/C34H40N10O7/c45-17-22(11-19-5-2-1-3-6-19)38-30-27-31(43(18-37-27)24-13-25(29(49)28(24)48)44-26(47)15-36-34(44)51)41-32(40-30)42-10-9-21(16-42)39-33(50)35-14-20-7-4-8-23(46)12-20/h1-8,12,18,21-22,24-25,28-29,45-46,48-49H,9-11,13-17H2,(H,36,51)(H2,35,39,50)(H,38,40,41)/t21-,22+,24-,25+,28+,29-/m1/s1. The van der Waals surface area contributed by atoms with Crippen molar-refractivity contribution in [3.8, 4) is 5.75 Å². The van der Waals surface area contributed by atoms with E-state index in [1.165, 1.54) is 6.33 Å². The number of urea groups is 2. The SMILES string of the molecule is O=C(NCc1cccc(O)c1)N[C@@H]1CCN(c2nc(N[C@H](CO)Cc3ccccc3)c3ncn([C@@H]4C[C@H](N5C(=O)CNC5=O)[C@@H](O)[C@H]4O)c3n2)C1. The van der Waals surface area contributed by atoms with E-state index in [1.807, 2.05) is 35.2 Å². The number of aliphatic hydroxyl groups is 3. The molecular formula is C34H40N10O7. The van der Waals surface area contributed by atoms with Crippen molar-refractivity contribution in [1.82, 2.24) is 40.4 Å². The predicted octanol–water partition coefficient (Wildman–Crippen LogP) is 0.213. The largest absolute Gasteiger partial charge is 0.508 e. The van der Waals surface area contributed by atoms with Crippen LogP contribution in [-0.2, 0) is 17.8 Å². The van der Waals surface area contributed by atoms with Gasteiger partial charge in [-0.3, -0.25) is 9.69 Å². The second kappa shape index (κ2) is 14.4. The van der Waals surface area contributed by atoms with E-state index >= 15 is 0 Å². The van der Waals surface area contributed by atoms with Gasteiger partial charge in [0.1, 0.15) is 18.0 Å². The molecule has 4 aromatic rings. The van der Waals surface area contributed by atoms with Gasteiger partial charge in [-0.2, -0.15) is 9.97 Å². The fourth-order valence-electron chi connectivity index (χ4n) is 7.08. The summed E-state index contributed by atoms with van der Waals surface area (Å²) >= 11 is 0. The first-order valence-electron chi connectivity index (χ1n) is 16.9. The number of hydrogen-bond donors (Lipinski definition) is 8. The summed E-state index contributed by atoms with van der Waals surface area (Å²) in [5.41, 5.74) is 2.47. The molecule has 4 heterocycles. The number of hydrogen-bond acceptors (Lipinski definition) is 12. The number of imide groups is 1. The van der Waals surface area contributed by atoms with Crippen molar-refractivity contribution in [1.29, 1.82) is 0 Å². The quantitative estimate of drug-likeness (QED) is 0.0983. The number of carbonyl (C=O) groups is 3. The number of imidazole rings is 1. The van der Waals surface area contributed by atoms with Crippen LogP contribution in [0.2, 0.25) is 0 Å². The molecule has 6 atom stereocenters. The summed E-state index contributed by atoms with van der Waals surface area (Å²) in [4.78, 5) is 54.8. The maximum absolute atomic E-state index is 12.7. The van der Waals surface area contributed by atoms with E-state index in [2.05, 4.69) is 26.3 Å². The lowest BCUT2D eigenvalue weighted by Gasteiger charge is -2.23. The van der Waals surface area contributed by atoms with Crippen molar-refractivity contribution in [2.75, 3.05) is 36.5 Å². The molecule has 7 rings (SSSR count). The third kappa shape index (κ3) is 7.08. The highest BCUT2D eigenvalue weighted by Crippen LogP contribution is 2.37. The van der Waals surface area contributed by atoms with Crippen LogP contribution < -0.4 is 26.2 Å². The van der Waals surface area contributed by atoms with Crippen LogP contribution in [0, 0.1) is 0 Å². The lowest BCUT2D eigenvalue weighted by Crippen LogP contribution is -2.46. The highest BCUT2D eigenvalue weighted by Gasteiger charge is 2.50. The number of rotatable bonds is 11. The zero-order chi connectivity index (χ0) is 35.6. The first-order valence-corrected chi connectivity index (χ1v) is 16.9. The summed E-state index contributed by atoms with van der Waals surface area (Å²) in [5, 5.41) is 53.8. The Morgan fingerprint density at radius 2 is 1.80 bits per heavy atom. The third-order valence-electron chi connectivity index (χ3n) is 9.65. The van der Waals surface area contributed by atoms with Crippen molar-refractivity contribution >= 4 is 40.9 Å². The van der Waals surface area contributed by atoms with E-state index in [4.69, 9.17) is 9.97 Å². The molecule has 0 radical (unpaired) electrons. The summed E-state index contributed by atoms with van der Waals surface area (Å²) in [7, 11) is 0. The number of carbonyl (C=O) groups excluding carboxylic acids is 3. The van der Waals surface area contributed by atoms with E-state index in [0.29, 0.717) is 48.9 Å². The fraction of sp³-hybridized carbons (Fsp3) is 0.412. The zero-order valence-corrected chi connectivity index (χ0v) is 27.6. The molecule has 2 aromatic carbocycles. The van der Waals surface area contributed by atoms with E-state index in [1.54, 1.807) is 28.8 Å². The molecule has 0 bridgehead atoms. The van der Waals surface area contributed by atoms with Crippen molar-refractivity contribution in [3.05, 3.63) is 72.1 Å². The molecule has 3 fully saturated rings. The van der Waals surface area contributed by atoms with Gasteiger partial charge in [-0.05, 0) is 42.5 Å². The Morgan fingerprint density at radius 3 is 2.55 bits per heavy atom. The minimum atomic E-state index is -1.40. The van der Waals surface area contributed by atoms with Gasteiger partial charge in [0, 0.05) is 25.7 Å². The van der Waals surface area contributed by atoms with Crippen LogP contribution >= 0.6 is 0 Å². The molecule has 17 heteroatoms. The summed E-state index contributed by atoms with van der Waals surface area (Å²) in [6, 6.07) is 13.0. The maximum Gasteiger partial charge on any atom is 0.324 e. The number of benzene rings is 2. The first-order chi connectivity index (χ1) is 24.7. The van der Waals surface area contributed by atoms with Crippen LogP contribution in [0.5, 0.6) is 5.75 Å². The number of nitrogens with zero attached hydrogens (tertiary/aromatic N) is 6. The van der Waals surface area contributed by atoms with Crippen molar-refractivity contribution in [2.45, 2.75) is 62.2 Å². The van der Waals surface area contributed by atoms with Gasteiger partial charge < -0.3 is 51.2 Å². The number of aliphatic hydroxyl groups excluding tert-OH is 3. The number of fused-ring (bicyclic) bond motifs is 1. The smallest absolute Gasteiger partial charge is 0.324 e. The van der Waals surface area contributed by atoms with Gasteiger partial charge in [-0.1, -0.05) is 42.5 Å². The maximum atomic E-state index is 12.7. The van der Waals surface area contributed by atoms with Crippen molar-refractivity contribution in [3.63, 3.8) is 0 Å². The highest BCUT2D eigenvalue weighted by molar-refractivity contribution is 6.02. The normalized spacial score (nSPS) is 23.9. The van der Waals surface area contributed by atoms with Gasteiger partial charge in [0.25, 0.3) is 0 Å². The predicted molar refractivity (Wildman–Crippen MR) is 184 cm³/mol. The van der Waals surface area contributed by atoms with Crippen LogP contribution in [0.25, 0.3) is 11.2 Å². The van der Waals surface area contributed by atoms with Gasteiger partial charge in [-0.15, -0.1) is 0 Å². The summed E-state index contributed by atoms with van der Waals surface area (Å²) in [6.07, 6.45) is -0.0848. The molecule has 2 saturated heterocycles. The molecule has 2 aromatic heterocycles. The van der Waals surface area contributed by atoms with Crippen LogP contribution in [0.3, 0.4) is 0 Å². The van der Waals surface area contributed by atoms with E-state index < -0.39 is 42.3 Å². The minimum Gasteiger partial charge on any atom is -0.508 e. The average Bonchev–Trinajstić information content (AvgIpc) is 3.91. The van der Waals surface area contributed by atoms with Gasteiger partial charge in [0.2, 0.25) is 11.9 Å². The number of aromatic nitrogens is 4. The minimum absolute atomic E-state index is 0.0652. The van der Waals surface area contributed by atoms with Crippen molar-refractivity contribution < 1.29 is 34.8 Å². The molecule has 17 nitrogen and oxygen atoms in total. The van der Waals surface area contributed by atoms with E-state index in [0.717, 1.165) is 16.0 Å².